The molecule has 0 fully saturated rings. The highest BCUT2D eigenvalue weighted by Gasteiger charge is 2.08. The largest absolute Gasteiger partial charge is 0.478 e. The Morgan fingerprint density at radius 2 is 1.79 bits per heavy atom. The third-order valence-electron chi connectivity index (χ3n) is 3.45. The zero-order chi connectivity index (χ0) is 16.9. The molecule has 0 bridgehead atoms. The van der Waals surface area contributed by atoms with Gasteiger partial charge in [0.05, 0.1) is 21.7 Å². The van der Waals surface area contributed by atoms with Crippen LogP contribution in [0.25, 0.3) is 10.6 Å². The van der Waals surface area contributed by atoms with E-state index < -0.39 is 5.97 Å². The minimum atomic E-state index is -0.970. The van der Waals surface area contributed by atoms with Crippen molar-refractivity contribution in [2.24, 2.45) is 0 Å². The smallest absolute Gasteiger partial charge is 0.335 e. The molecule has 0 spiro atoms. The van der Waals surface area contributed by atoms with Gasteiger partial charge in [-0.1, -0.05) is 18.2 Å². The van der Waals surface area contributed by atoms with Gasteiger partial charge in [0.25, 0.3) is 5.91 Å². The molecule has 3 rings (SSSR count). The van der Waals surface area contributed by atoms with Crippen molar-refractivity contribution in [2.45, 2.75) is 6.54 Å². The van der Waals surface area contributed by atoms with Crippen LogP contribution in [0.1, 0.15) is 26.3 Å². The Bertz CT molecular complexity index is 841. The summed E-state index contributed by atoms with van der Waals surface area (Å²) in [5, 5.41) is 13.6. The summed E-state index contributed by atoms with van der Waals surface area (Å²) in [5.41, 5.74) is 2.37. The van der Waals surface area contributed by atoms with Crippen LogP contribution in [0.5, 0.6) is 0 Å². The number of aromatic carboxylic acids is 1. The Morgan fingerprint density at radius 1 is 1.04 bits per heavy atom. The normalized spacial score (nSPS) is 10.3. The van der Waals surface area contributed by atoms with E-state index in [1.54, 1.807) is 35.7 Å². The van der Waals surface area contributed by atoms with Crippen molar-refractivity contribution in [3.05, 3.63) is 76.8 Å². The molecular weight excluding hydrogens is 324 g/mol. The first kappa shape index (κ1) is 15.9. The maximum Gasteiger partial charge on any atom is 0.335 e. The molecule has 2 heterocycles. The van der Waals surface area contributed by atoms with Crippen LogP contribution in [0.15, 0.2) is 60.1 Å². The Kier molecular flexibility index (Phi) is 4.67. The van der Waals surface area contributed by atoms with E-state index in [1.807, 2.05) is 23.6 Å². The van der Waals surface area contributed by atoms with Crippen molar-refractivity contribution in [3.63, 3.8) is 0 Å². The summed E-state index contributed by atoms with van der Waals surface area (Å²) in [6.07, 6.45) is 1.55. The number of amides is 1. The highest BCUT2D eigenvalue weighted by atomic mass is 32.1. The quantitative estimate of drug-likeness (QED) is 0.747. The molecular formula is C18H14N2O3S. The summed E-state index contributed by atoms with van der Waals surface area (Å²) < 4.78 is 0. The fourth-order valence-electron chi connectivity index (χ4n) is 2.15. The number of carbonyl (C=O) groups excluding carboxylic acids is 1. The van der Waals surface area contributed by atoms with Crippen LogP contribution in [0.3, 0.4) is 0 Å². The van der Waals surface area contributed by atoms with Crippen molar-refractivity contribution >= 4 is 23.2 Å². The number of pyridine rings is 1. The second-order valence-electron chi connectivity index (χ2n) is 5.09. The van der Waals surface area contributed by atoms with Gasteiger partial charge in [-0.2, -0.15) is 0 Å². The summed E-state index contributed by atoms with van der Waals surface area (Å²) in [6.45, 7) is 0.325. The first-order valence-corrected chi connectivity index (χ1v) is 8.12. The van der Waals surface area contributed by atoms with Crippen LogP contribution in [0.4, 0.5) is 0 Å². The molecule has 2 N–H and O–H groups in total. The SMILES string of the molecule is O=C(O)c1ccc(CNC(=O)c2ccc(-c3cccs3)nc2)cc1. The summed E-state index contributed by atoms with van der Waals surface area (Å²) in [6, 6.07) is 13.9. The average Bonchev–Trinajstić information content (AvgIpc) is 3.15. The summed E-state index contributed by atoms with van der Waals surface area (Å²) in [4.78, 5) is 28.3. The standard InChI is InChI=1S/C18H14N2O3S/c21-17(20-10-12-3-5-13(6-4-12)18(22)23)14-7-8-15(19-11-14)16-2-1-9-24-16/h1-9,11H,10H2,(H,20,21)(H,22,23). The van der Waals surface area contributed by atoms with E-state index in [1.165, 1.54) is 12.1 Å². The number of thiophene rings is 1. The van der Waals surface area contributed by atoms with E-state index >= 15 is 0 Å². The molecule has 0 saturated heterocycles. The Labute approximate surface area is 142 Å². The van der Waals surface area contributed by atoms with Crippen molar-refractivity contribution in [3.8, 4) is 10.6 Å². The lowest BCUT2D eigenvalue weighted by atomic mass is 10.1. The van der Waals surface area contributed by atoms with Crippen LogP contribution >= 0.6 is 11.3 Å². The highest BCUT2D eigenvalue weighted by molar-refractivity contribution is 7.13. The predicted octanol–water partition coefficient (Wildman–Crippen LogP) is 3.44. The van der Waals surface area contributed by atoms with Gasteiger partial charge in [0.15, 0.2) is 0 Å². The maximum atomic E-state index is 12.1. The van der Waals surface area contributed by atoms with Crippen LogP contribution in [0, 0.1) is 0 Å². The van der Waals surface area contributed by atoms with E-state index in [4.69, 9.17) is 5.11 Å². The molecule has 2 aromatic heterocycles. The number of carbonyl (C=O) groups is 2. The number of carboxylic acid groups (broad SMARTS) is 1. The first-order valence-electron chi connectivity index (χ1n) is 7.24. The molecule has 0 atom stereocenters. The summed E-state index contributed by atoms with van der Waals surface area (Å²) >= 11 is 1.60. The number of nitrogens with one attached hydrogen (secondary N) is 1. The molecule has 1 amide bonds. The molecule has 0 radical (unpaired) electrons. The van der Waals surface area contributed by atoms with Gasteiger partial charge in [-0.25, -0.2) is 4.79 Å². The van der Waals surface area contributed by atoms with Crippen molar-refractivity contribution in [1.29, 1.82) is 0 Å². The molecule has 120 valence electrons. The van der Waals surface area contributed by atoms with Gasteiger partial charge >= 0.3 is 5.97 Å². The van der Waals surface area contributed by atoms with Gasteiger partial charge < -0.3 is 10.4 Å². The molecule has 1 aromatic carbocycles. The van der Waals surface area contributed by atoms with E-state index in [2.05, 4.69) is 10.3 Å². The minimum Gasteiger partial charge on any atom is -0.478 e. The molecule has 5 nitrogen and oxygen atoms in total. The monoisotopic (exact) mass is 338 g/mol. The number of hydrogen-bond acceptors (Lipinski definition) is 4. The van der Waals surface area contributed by atoms with Gasteiger partial charge in [-0.3, -0.25) is 9.78 Å². The summed E-state index contributed by atoms with van der Waals surface area (Å²) in [7, 11) is 0. The van der Waals surface area contributed by atoms with Gasteiger partial charge in [0.2, 0.25) is 0 Å². The molecule has 24 heavy (non-hydrogen) atoms. The number of hydrogen-bond donors (Lipinski definition) is 2. The first-order chi connectivity index (χ1) is 11.6. The molecule has 0 aliphatic heterocycles. The summed E-state index contributed by atoms with van der Waals surface area (Å²) in [5.74, 6) is -1.19. The highest BCUT2D eigenvalue weighted by Crippen LogP contribution is 2.22. The van der Waals surface area contributed by atoms with E-state index in [0.717, 1.165) is 16.1 Å². The lowest BCUT2D eigenvalue weighted by Crippen LogP contribution is -2.22. The predicted molar refractivity (Wildman–Crippen MR) is 92.1 cm³/mol. The van der Waals surface area contributed by atoms with Crippen LogP contribution in [-0.4, -0.2) is 22.0 Å². The van der Waals surface area contributed by atoms with Crippen LogP contribution < -0.4 is 5.32 Å². The second-order valence-corrected chi connectivity index (χ2v) is 6.04. The zero-order valence-electron chi connectivity index (χ0n) is 12.6. The topological polar surface area (TPSA) is 79.3 Å². The zero-order valence-corrected chi connectivity index (χ0v) is 13.4. The van der Waals surface area contributed by atoms with Gasteiger partial charge in [-0.05, 0) is 41.3 Å². The fourth-order valence-corrected chi connectivity index (χ4v) is 2.85. The second kappa shape index (κ2) is 7.06. The minimum absolute atomic E-state index is 0.220. The van der Waals surface area contributed by atoms with Gasteiger partial charge in [0.1, 0.15) is 0 Å². The Hall–Kier alpha value is -2.99. The van der Waals surface area contributed by atoms with E-state index in [9.17, 15) is 9.59 Å². The number of nitrogens with zero attached hydrogens (tertiary/aromatic N) is 1. The Balaban J connectivity index is 1.61. The van der Waals surface area contributed by atoms with Gasteiger partial charge in [-0.15, -0.1) is 11.3 Å². The van der Waals surface area contributed by atoms with Crippen LogP contribution in [0.2, 0.25) is 0 Å². The molecule has 0 unspecified atom stereocenters. The molecule has 6 heteroatoms. The lowest BCUT2D eigenvalue weighted by Gasteiger charge is -2.06. The number of rotatable bonds is 5. The van der Waals surface area contributed by atoms with Gasteiger partial charge in [0, 0.05) is 12.7 Å². The van der Waals surface area contributed by atoms with E-state index in [0.29, 0.717) is 12.1 Å². The molecule has 3 aromatic rings. The molecule has 0 saturated carbocycles. The maximum absolute atomic E-state index is 12.1. The van der Waals surface area contributed by atoms with Crippen molar-refractivity contribution in [1.82, 2.24) is 10.3 Å². The fraction of sp³-hybridized carbons (Fsp3) is 0.0556. The lowest BCUT2D eigenvalue weighted by molar-refractivity contribution is 0.0696. The number of aromatic nitrogens is 1. The van der Waals surface area contributed by atoms with Crippen molar-refractivity contribution < 1.29 is 14.7 Å². The molecule has 0 aliphatic carbocycles. The van der Waals surface area contributed by atoms with Crippen molar-refractivity contribution in [2.75, 3.05) is 0 Å². The Morgan fingerprint density at radius 3 is 2.38 bits per heavy atom. The van der Waals surface area contributed by atoms with E-state index in [-0.39, 0.29) is 11.5 Å². The third kappa shape index (κ3) is 3.67. The number of benzene rings is 1. The third-order valence-corrected chi connectivity index (χ3v) is 4.35. The number of carboxylic acids is 1. The molecule has 0 aliphatic rings. The average molecular weight is 338 g/mol. The van der Waals surface area contributed by atoms with Crippen LogP contribution in [-0.2, 0) is 6.54 Å².